The van der Waals surface area contributed by atoms with Gasteiger partial charge in [0.05, 0.1) is 17.7 Å². The number of amides is 2. The molecule has 8 nitrogen and oxygen atoms in total. The number of ether oxygens (including phenoxy) is 1. The van der Waals surface area contributed by atoms with Crippen molar-refractivity contribution in [3.63, 3.8) is 0 Å². The van der Waals surface area contributed by atoms with Gasteiger partial charge in [-0.3, -0.25) is 13.9 Å². The highest BCUT2D eigenvalue weighted by Crippen LogP contribution is 2.35. The van der Waals surface area contributed by atoms with Gasteiger partial charge in [0.15, 0.2) is 0 Å². The lowest BCUT2D eigenvalue weighted by Gasteiger charge is -2.33. The Balaban J connectivity index is 2.10. The van der Waals surface area contributed by atoms with Gasteiger partial charge in [-0.1, -0.05) is 79.4 Å². The minimum atomic E-state index is -4.25. The number of anilines is 1. The van der Waals surface area contributed by atoms with Gasteiger partial charge in [0, 0.05) is 18.1 Å². The number of unbranched alkanes of at least 4 members (excludes halogenated alkanes) is 1. The number of methoxy groups -OCH3 is 1. The Kier molecular flexibility index (Phi) is 11.8. The molecule has 3 aromatic rings. The van der Waals surface area contributed by atoms with Crippen LogP contribution in [0.15, 0.2) is 71.6 Å². The first-order chi connectivity index (χ1) is 20.0. The summed E-state index contributed by atoms with van der Waals surface area (Å²) in [5.74, 6) is -0.581. The van der Waals surface area contributed by atoms with Crippen LogP contribution in [-0.2, 0) is 26.2 Å². The Morgan fingerprint density at radius 1 is 0.952 bits per heavy atom. The molecule has 0 aromatic heterocycles. The summed E-state index contributed by atoms with van der Waals surface area (Å²) >= 11 is 6.30. The van der Waals surface area contributed by atoms with Crippen molar-refractivity contribution < 1.29 is 22.7 Å². The van der Waals surface area contributed by atoms with E-state index in [2.05, 4.69) is 5.32 Å². The van der Waals surface area contributed by atoms with Gasteiger partial charge in [-0.2, -0.15) is 0 Å². The maximum Gasteiger partial charge on any atom is 0.264 e. The summed E-state index contributed by atoms with van der Waals surface area (Å²) in [6, 6.07) is 17.9. The SMILES string of the molecule is CCCCNC(=O)[C@@H](CC)N(Cc1ccc(C)cc1)C(=O)CN(c1cc(Cl)ccc1OC)S(=O)(=O)c1ccc(C)cc1. The minimum absolute atomic E-state index is 0.0114. The first kappa shape index (κ1) is 32.9. The van der Waals surface area contributed by atoms with Crippen molar-refractivity contribution in [2.45, 2.75) is 64.4 Å². The van der Waals surface area contributed by atoms with E-state index in [9.17, 15) is 18.0 Å². The zero-order valence-corrected chi connectivity index (χ0v) is 26.5. The zero-order chi connectivity index (χ0) is 30.9. The van der Waals surface area contributed by atoms with Crippen LogP contribution in [0.25, 0.3) is 0 Å². The number of carbonyl (C=O) groups excluding carboxylic acids is 2. The molecule has 10 heteroatoms. The summed E-state index contributed by atoms with van der Waals surface area (Å²) in [7, 11) is -2.83. The number of nitrogens with zero attached hydrogens (tertiary/aromatic N) is 2. The highest BCUT2D eigenvalue weighted by molar-refractivity contribution is 7.92. The quantitative estimate of drug-likeness (QED) is 0.229. The number of carbonyl (C=O) groups is 2. The Labute approximate surface area is 254 Å². The van der Waals surface area contributed by atoms with Gasteiger partial charge >= 0.3 is 0 Å². The normalized spacial score (nSPS) is 12.0. The van der Waals surface area contributed by atoms with E-state index >= 15 is 0 Å². The van der Waals surface area contributed by atoms with E-state index in [1.165, 1.54) is 30.2 Å². The smallest absolute Gasteiger partial charge is 0.264 e. The molecule has 1 N–H and O–H groups in total. The maximum atomic E-state index is 14.2. The number of rotatable bonds is 14. The second-order valence-corrected chi connectivity index (χ2v) is 12.5. The summed E-state index contributed by atoms with van der Waals surface area (Å²) in [5, 5.41) is 3.21. The second kappa shape index (κ2) is 15.1. The highest BCUT2D eigenvalue weighted by Gasteiger charge is 2.34. The summed E-state index contributed by atoms with van der Waals surface area (Å²) < 4.78 is 34.7. The Morgan fingerprint density at radius 2 is 1.57 bits per heavy atom. The van der Waals surface area contributed by atoms with Crippen molar-refractivity contribution in [3.05, 3.63) is 88.4 Å². The molecule has 2 amide bonds. The predicted molar refractivity (Wildman–Crippen MR) is 167 cm³/mol. The van der Waals surface area contributed by atoms with Crippen LogP contribution in [0.3, 0.4) is 0 Å². The van der Waals surface area contributed by atoms with Crippen LogP contribution in [0, 0.1) is 13.8 Å². The third-order valence-corrected chi connectivity index (χ3v) is 9.00. The van der Waals surface area contributed by atoms with Crippen LogP contribution in [0.1, 0.15) is 49.8 Å². The van der Waals surface area contributed by atoms with Gasteiger partial charge in [0.2, 0.25) is 11.8 Å². The van der Waals surface area contributed by atoms with Gasteiger partial charge in [-0.05, 0) is 62.6 Å². The molecule has 0 saturated heterocycles. The summed E-state index contributed by atoms with van der Waals surface area (Å²) in [6.07, 6.45) is 2.07. The number of hydrogen-bond donors (Lipinski definition) is 1. The lowest BCUT2D eigenvalue weighted by molar-refractivity contribution is -0.140. The van der Waals surface area contributed by atoms with Gasteiger partial charge in [-0.15, -0.1) is 0 Å². The van der Waals surface area contributed by atoms with Crippen molar-refractivity contribution in [2.24, 2.45) is 0 Å². The van der Waals surface area contributed by atoms with Gasteiger partial charge < -0.3 is 15.0 Å². The van der Waals surface area contributed by atoms with Crippen molar-refractivity contribution in [3.8, 4) is 5.75 Å². The molecule has 0 aliphatic rings. The average molecular weight is 614 g/mol. The number of sulfonamides is 1. The van der Waals surface area contributed by atoms with E-state index in [-0.39, 0.29) is 33.8 Å². The molecule has 0 bridgehead atoms. The monoisotopic (exact) mass is 613 g/mol. The van der Waals surface area contributed by atoms with E-state index in [0.717, 1.165) is 33.8 Å². The number of hydrogen-bond acceptors (Lipinski definition) is 5. The molecule has 0 heterocycles. The van der Waals surface area contributed by atoms with Gasteiger partial charge in [0.25, 0.3) is 10.0 Å². The van der Waals surface area contributed by atoms with E-state index in [0.29, 0.717) is 13.0 Å². The Morgan fingerprint density at radius 3 is 2.14 bits per heavy atom. The van der Waals surface area contributed by atoms with E-state index in [1.54, 1.807) is 24.3 Å². The van der Waals surface area contributed by atoms with Gasteiger partial charge in [0.1, 0.15) is 18.3 Å². The van der Waals surface area contributed by atoms with E-state index in [1.807, 2.05) is 52.0 Å². The van der Waals surface area contributed by atoms with Gasteiger partial charge in [-0.25, -0.2) is 8.42 Å². The zero-order valence-electron chi connectivity index (χ0n) is 24.9. The molecule has 1 atom stereocenters. The number of nitrogens with one attached hydrogen (secondary N) is 1. The molecule has 0 radical (unpaired) electrons. The van der Waals surface area contributed by atoms with Crippen molar-refractivity contribution in [1.29, 1.82) is 0 Å². The lowest BCUT2D eigenvalue weighted by Crippen LogP contribution is -2.52. The third kappa shape index (κ3) is 8.26. The molecule has 0 fully saturated rings. The third-order valence-electron chi connectivity index (χ3n) is 6.99. The van der Waals surface area contributed by atoms with Crippen molar-refractivity contribution >= 4 is 39.1 Å². The standard InChI is InChI=1S/C32H40ClN3O5S/c1-6-8-19-34-32(38)28(7-2)35(21-25-13-9-23(3)10-14-25)31(37)22-36(29-20-26(33)15-18-30(29)41-5)42(39,40)27-16-11-24(4)12-17-27/h9-18,20,28H,6-8,19,21-22H2,1-5H3,(H,34,38)/t28-/m1/s1. The molecule has 0 unspecified atom stereocenters. The van der Waals surface area contributed by atoms with Crippen LogP contribution in [0.4, 0.5) is 5.69 Å². The first-order valence-corrected chi connectivity index (χ1v) is 15.9. The number of halogens is 1. The Bertz CT molecular complexity index is 1460. The first-order valence-electron chi connectivity index (χ1n) is 14.1. The van der Waals surface area contributed by atoms with E-state index in [4.69, 9.17) is 16.3 Å². The van der Waals surface area contributed by atoms with Crippen LogP contribution in [0.2, 0.25) is 5.02 Å². The topological polar surface area (TPSA) is 96.0 Å². The van der Waals surface area contributed by atoms with Crippen molar-refractivity contribution in [1.82, 2.24) is 10.2 Å². The van der Waals surface area contributed by atoms with Crippen LogP contribution < -0.4 is 14.4 Å². The molecule has 3 rings (SSSR count). The summed E-state index contributed by atoms with van der Waals surface area (Å²) in [4.78, 5) is 29.0. The van der Waals surface area contributed by atoms with E-state index < -0.39 is 28.5 Å². The minimum Gasteiger partial charge on any atom is -0.495 e. The molecule has 0 saturated carbocycles. The highest BCUT2D eigenvalue weighted by atomic mass is 35.5. The summed E-state index contributed by atoms with van der Waals surface area (Å²) in [6.45, 7) is 7.74. The van der Waals surface area contributed by atoms with Crippen LogP contribution in [0.5, 0.6) is 5.75 Å². The fraction of sp³-hybridized carbons (Fsp3) is 0.375. The molecular formula is C32H40ClN3O5S. The molecule has 0 aliphatic heterocycles. The summed E-state index contributed by atoms with van der Waals surface area (Å²) in [5.41, 5.74) is 2.89. The predicted octanol–water partition coefficient (Wildman–Crippen LogP) is 5.88. The number of benzene rings is 3. The van der Waals surface area contributed by atoms with Crippen molar-refractivity contribution in [2.75, 3.05) is 24.5 Å². The van der Waals surface area contributed by atoms with Crippen LogP contribution in [-0.4, -0.2) is 51.4 Å². The molecule has 3 aromatic carbocycles. The molecule has 226 valence electrons. The molecule has 42 heavy (non-hydrogen) atoms. The Hall–Kier alpha value is -3.56. The fourth-order valence-electron chi connectivity index (χ4n) is 4.52. The average Bonchev–Trinajstić information content (AvgIpc) is 2.97. The molecule has 0 aliphatic carbocycles. The molecule has 0 spiro atoms. The second-order valence-electron chi connectivity index (χ2n) is 10.2. The maximum absolute atomic E-state index is 14.2. The number of aryl methyl sites for hydroxylation is 2. The largest absolute Gasteiger partial charge is 0.495 e. The van der Waals surface area contributed by atoms with Crippen LogP contribution >= 0.6 is 11.6 Å². The molecular weight excluding hydrogens is 574 g/mol. The lowest BCUT2D eigenvalue weighted by atomic mass is 10.1. The fourth-order valence-corrected chi connectivity index (χ4v) is 6.11.